The lowest BCUT2D eigenvalue weighted by Gasteiger charge is -2.26. The maximum absolute atomic E-state index is 12.4. The molecule has 1 fully saturated rings. The third-order valence-corrected chi connectivity index (χ3v) is 6.05. The lowest BCUT2D eigenvalue weighted by atomic mass is 10.3. The Balaban J connectivity index is 1.64. The Bertz CT molecular complexity index is 631. The van der Waals surface area contributed by atoms with Crippen LogP contribution in [0.3, 0.4) is 0 Å². The summed E-state index contributed by atoms with van der Waals surface area (Å²) in [5.41, 5.74) is 0. The Morgan fingerprint density at radius 2 is 1.92 bits per heavy atom. The number of sulfonamides is 1. The van der Waals surface area contributed by atoms with Gasteiger partial charge in [-0.15, -0.1) is 0 Å². The third-order valence-electron chi connectivity index (χ3n) is 4.18. The molecule has 0 bridgehead atoms. The van der Waals surface area contributed by atoms with E-state index < -0.39 is 10.0 Å². The number of ether oxygens (including phenoxy) is 1. The Morgan fingerprint density at radius 1 is 1.24 bits per heavy atom. The number of hydrogen-bond acceptors (Lipinski definition) is 5. The fraction of sp³-hybridized carbons (Fsp3) is 0.588. The van der Waals surface area contributed by atoms with Crippen LogP contribution in [0.25, 0.3) is 0 Å². The molecule has 1 amide bonds. The molecule has 1 aliphatic heterocycles. The summed E-state index contributed by atoms with van der Waals surface area (Å²) in [5, 5.41) is 2.88. The average Bonchev–Trinajstić information content (AvgIpc) is 2.63. The Labute approximate surface area is 150 Å². The van der Waals surface area contributed by atoms with Crippen LogP contribution < -0.4 is 5.32 Å². The number of morpholine rings is 1. The average molecular weight is 369 g/mol. The lowest BCUT2D eigenvalue weighted by Crippen LogP contribution is -2.41. The van der Waals surface area contributed by atoms with Crippen molar-refractivity contribution in [1.82, 2.24) is 14.5 Å². The first-order chi connectivity index (χ1) is 12.0. The van der Waals surface area contributed by atoms with Crippen LogP contribution in [0.15, 0.2) is 35.2 Å². The highest BCUT2D eigenvalue weighted by Gasteiger charge is 2.20. The highest BCUT2D eigenvalue weighted by molar-refractivity contribution is 7.89. The van der Waals surface area contributed by atoms with Crippen LogP contribution in [-0.2, 0) is 19.6 Å². The SMILES string of the molecule is CN(CCCC(=O)NCCN1CCOCC1)S(=O)(=O)c1ccccc1. The summed E-state index contributed by atoms with van der Waals surface area (Å²) >= 11 is 0. The zero-order valence-corrected chi connectivity index (χ0v) is 15.5. The fourth-order valence-electron chi connectivity index (χ4n) is 2.62. The quantitative estimate of drug-likeness (QED) is 0.687. The highest BCUT2D eigenvalue weighted by Crippen LogP contribution is 2.13. The van der Waals surface area contributed by atoms with E-state index in [9.17, 15) is 13.2 Å². The van der Waals surface area contributed by atoms with Crippen molar-refractivity contribution in [2.24, 2.45) is 0 Å². The number of hydrogen-bond donors (Lipinski definition) is 1. The first-order valence-electron chi connectivity index (χ1n) is 8.58. The molecule has 2 rings (SSSR count). The fourth-order valence-corrected chi connectivity index (χ4v) is 3.85. The molecule has 25 heavy (non-hydrogen) atoms. The molecule has 1 saturated heterocycles. The Morgan fingerprint density at radius 3 is 2.60 bits per heavy atom. The predicted molar refractivity (Wildman–Crippen MR) is 95.8 cm³/mol. The van der Waals surface area contributed by atoms with Crippen molar-refractivity contribution in [2.45, 2.75) is 17.7 Å². The molecule has 0 aromatic heterocycles. The van der Waals surface area contributed by atoms with Crippen molar-refractivity contribution < 1.29 is 17.9 Å². The Hall–Kier alpha value is -1.48. The van der Waals surface area contributed by atoms with Crippen LogP contribution >= 0.6 is 0 Å². The molecule has 0 atom stereocenters. The lowest BCUT2D eigenvalue weighted by molar-refractivity contribution is -0.121. The maximum Gasteiger partial charge on any atom is 0.242 e. The zero-order valence-electron chi connectivity index (χ0n) is 14.7. The predicted octanol–water partition coefficient (Wildman–Crippen LogP) is 0.536. The van der Waals surface area contributed by atoms with Gasteiger partial charge in [-0.25, -0.2) is 12.7 Å². The summed E-state index contributed by atoms with van der Waals surface area (Å²) in [7, 11) is -1.94. The largest absolute Gasteiger partial charge is 0.379 e. The van der Waals surface area contributed by atoms with E-state index in [4.69, 9.17) is 4.74 Å². The molecule has 0 spiro atoms. The van der Waals surface area contributed by atoms with E-state index in [1.807, 2.05) is 0 Å². The number of carbonyl (C=O) groups excluding carboxylic acids is 1. The molecule has 1 heterocycles. The molecule has 140 valence electrons. The van der Waals surface area contributed by atoms with Gasteiger partial charge < -0.3 is 10.1 Å². The van der Waals surface area contributed by atoms with Gasteiger partial charge in [0, 0.05) is 46.2 Å². The zero-order chi connectivity index (χ0) is 18.1. The molecule has 0 saturated carbocycles. The van der Waals surface area contributed by atoms with Crippen LogP contribution in [0.4, 0.5) is 0 Å². The summed E-state index contributed by atoms with van der Waals surface area (Å²) in [6.45, 7) is 5.03. The van der Waals surface area contributed by atoms with Crippen molar-refractivity contribution in [3.63, 3.8) is 0 Å². The van der Waals surface area contributed by atoms with E-state index in [0.717, 1.165) is 32.8 Å². The van der Waals surface area contributed by atoms with Crippen LogP contribution in [0.5, 0.6) is 0 Å². The van der Waals surface area contributed by atoms with Crippen molar-refractivity contribution in [1.29, 1.82) is 0 Å². The molecule has 8 heteroatoms. The van der Waals surface area contributed by atoms with Gasteiger partial charge in [-0.3, -0.25) is 9.69 Å². The monoisotopic (exact) mass is 369 g/mol. The standard InChI is InChI=1S/C17H27N3O4S/c1-19(25(22,23)16-6-3-2-4-7-16)10-5-8-17(21)18-9-11-20-12-14-24-15-13-20/h2-4,6-7H,5,8-15H2,1H3,(H,18,21). The van der Waals surface area contributed by atoms with Gasteiger partial charge in [0.25, 0.3) is 0 Å². The first-order valence-corrected chi connectivity index (χ1v) is 10.0. The second kappa shape index (κ2) is 9.86. The first kappa shape index (κ1) is 19.8. The van der Waals surface area contributed by atoms with Crippen LogP contribution in [0.1, 0.15) is 12.8 Å². The van der Waals surface area contributed by atoms with Crippen molar-refractivity contribution in [3.8, 4) is 0 Å². The van der Waals surface area contributed by atoms with E-state index in [0.29, 0.717) is 25.9 Å². The van der Waals surface area contributed by atoms with Gasteiger partial charge in [0.2, 0.25) is 15.9 Å². The minimum atomic E-state index is -3.49. The van der Waals surface area contributed by atoms with Gasteiger partial charge in [0.1, 0.15) is 0 Å². The topological polar surface area (TPSA) is 79.0 Å². The number of benzene rings is 1. The summed E-state index contributed by atoms with van der Waals surface area (Å²) in [6, 6.07) is 8.32. The van der Waals surface area contributed by atoms with Crippen LogP contribution in [0.2, 0.25) is 0 Å². The van der Waals surface area contributed by atoms with Gasteiger partial charge in [-0.1, -0.05) is 18.2 Å². The number of amides is 1. The van der Waals surface area contributed by atoms with E-state index in [2.05, 4.69) is 10.2 Å². The number of nitrogens with one attached hydrogen (secondary N) is 1. The second-order valence-corrected chi connectivity index (χ2v) is 8.09. The molecule has 0 aliphatic carbocycles. The van der Waals surface area contributed by atoms with Crippen molar-refractivity contribution in [2.75, 3.05) is 53.0 Å². The van der Waals surface area contributed by atoms with Crippen molar-refractivity contribution >= 4 is 15.9 Å². The number of nitrogens with zero attached hydrogens (tertiary/aromatic N) is 2. The molecule has 1 aromatic rings. The molecule has 1 N–H and O–H groups in total. The smallest absolute Gasteiger partial charge is 0.242 e. The molecular formula is C17H27N3O4S. The summed E-state index contributed by atoms with van der Waals surface area (Å²) in [4.78, 5) is 14.4. The van der Waals surface area contributed by atoms with Crippen LogP contribution in [-0.4, -0.2) is 76.5 Å². The molecule has 0 radical (unpaired) electrons. The molecule has 7 nitrogen and oxygen atoms in total. The second-order valence-electron chi connectivity index (χ2n) is 6.05. The van der Waals surface area contributed by atoms with Gasteiger partial charge in [-0.2, -0.15) is 0 Å². The molecule has 1 aliphatic rings. The minimum absolute atomic E-state index is 0.0428. The number of rotatable bonds is 9. The van der Waals surface area contributed by atoms with E-state index in [1.165, 1.54) is 4.31 Å². The molecular weight excluding hydrogens is 342 g/mol. The van der Waals surface area contributed by atoms with Gasteiger partial charge in [0.05, 0.1) is 18.1 Å². The minimum Gasteiger partial charge on any atom is -0.379 e. The third kappa shape index (κ3) is 6.39. The summed E-state index contributed by atoms with van der Waals surface area (Å²) < 4.78 is 31.3. The van der Waals surface area contributed by atoms with Crippen molar-refractivity contribution in [3.05, 3.63) is 30.3 Å². The van der Waals surface area contributed by atoms with E-state index in [-0.39, 0.29) is 10.8 Å². The normalized spacial score (nSPS) is 16.1. The summed E-state index contributed by atoms with van der Waals surface area (Å²) in [5.74, 6) is -0.0428. The highest BCUT2D eigenvalue weighted by atomic mass is 32.2. The van der Waals surface area contributed by atoms with E-state index >= 15 is 0 Å². The van der Waals surface area contributed by atoms with Crippen LogP contribution in [0, 0.1) is 0 Å². The van der Waals surface area contributed by atoms with Gasteiger partial charge in [0.15, 0.2) is 0 Å². The number of carbonyl (C=O) groups is 1. The summed E-state index contributed by atoms with van der Waals surface area (Å²) in [6.07, 6.45) is 0.809. The van der Waals surface area contributed by atoms with Gasteiger partial charge in [-0.05, 0) is 18.6 Å². The van der Waals surface area contributed by atoms with E-state index in [1.54, 1.807) is 37.4 Å². The van der Waals surface area contributed by atoms with Gasteiger partial charge >= 0.3 is 0 Å². The molecule has 0 unspecified atom stereocenters. The maximum atomic E-state index is 12.4. The Kier molecular flexibility index (Phi) is 7.83. The molecule has 1 aromatic carbocycles.